The third-order valence-corrected chi connectivity index (χ3v) is 3.21. The largest absolute Gasteiger partial charge is 0.461 e. The molecule has 116 valence electrons. The van der Waals surface area contributed by atoms with Crippen molar-refractivity contribution in [1.82, 2.24) is 0 Å². The predicted molar refractivity (Wildman–Crippen MR) is 80.9 cm³/mol. The number of nitrogens with zero attached hydrogens (tertiary/aromatic N) is 1. The van der Waals surface area contributed by atoms with Crippen molar-refractivity contribution in [2.45, 2.75) is 19.4 Å². The van der Waals surface area contributed by atoms with Gasteiger partial charge in [0.05, 0.1) is 18.1 Å². The van der Waals surface area contributed by atoms with E-state index >= 15 is 0 Å². The predicted octanol–water partition coefficient (Wildman–Crippen LogP) is 3.40. The number of ether oxygens (including phenoxy) is 1. The van der Waals surface area contributed by atoms with Crippen LogP contribution < -0.4 is 0 Å². The highest BCUT2D eigenvalue weighted by atomic mass is 19.1. The summed E-state index contributed by atoms with van der Waals surface area (Å²) in [5, 5.41) is 8.69. The van der Waals surface area contributed by atoms with Gasteiger partial charge in [-0.2, -0.15) is 5.26 Å². The van der Waals surface area contributed by atoms with Crippen molar-refractivity contribution in [3.63, 3.8) is 0 Å². The van der Waals surface area contributed by atoms with E-state index in [2.05, 4.69) is 0 Å². The number of halogens is 1. The summed E-state index contributed by atoms with van der Waals surface area (Å²) in [5.41, 5.74) is 1.67. The molecule has 23 heavy (non-hydrogen) atoms. The zero-order chi connectivity index (χ0) is 16.7. The van der Waals surface area contributed by atoms with Gasteiger partial charge in [0.25, 0.3) is 0 Å². The van der Waals surface area contributed by atoms with Gasteiger partial charge < -0.3 is 4.74 Å². The van der Waals surface area contributed by atoms with E-state index < -0.39 is 11.8 Å². The van der Waals surface area contributed by atoms with Crippen LogP contribution >= 0.6 is 0 Å². The van der Waals surface area contributed by atoms with Crippen LogP contribution in [0.5, 0.6) is 0 Å². The van der Waals surface area contributed by atoms with Crippen LogP contribution in [0.15, 0.2) is 48.5 Å². The Hall–Kier alpha value is -3.00. The minimum absolute atomic E-state index is 0.0117. The Morgan fingerprint density at radius 3 is 2.26 bits per heavy atom. The van der Waals surface area contributed by atoms with Gasteiger partial charge in [-0.05, 0) is 42.0 Å². The first-order valence-electron chi connectivity index (χ1n) is 7.02. The third kappa shape index (κ3) is 5.04. The number of esters is 1. The van der Waals surface area contributed by atoms with E-state index in [0.717, 1.165) is 5.56 Å². The Kier molecular flexibility index (Phi) is 5.59. The number of carbonyl (C=O) groups excluding carboxylic acids is 2. The summed E-state index contributed by atoms with van der Waals surface area (Å²) in [6, 6.07) is 13.9. The highest BCUT2D eigenvalue weighted by Gasteiger charge is 2.10. The molecule has 0 unspecified atom stereocenters. The number of nitriles is 1. The molecule has 2 aromatic rings. The van der Waals surface area contributed by atoms with Gasteiger partial charge in [-0.3, -0.25) is 9.59 Å². The minimum Gasteiger partial charge on any atom is -0.461 e. The number of benzene rings is 2. The minimum atomic E-state index is -0.482. The summed E-state index contributed by atoms with van der Waals surface area (Å²) in [7, 11) is 0. The maximum Gasteiger partial charge on any atom is 0.306 e. The number of carbonyl (C=O) groups is 2. The molecule has 0 N–H and O–H groups in total. The molecular weight excluding hydrogens is 297 g/mol. The molecule has 0 aliphatic heterocycles. The molecular formula is C18H14FNO3. The first kappa shape index (κ1) is 16.4. The van der Waals surface area contributed by atoms with Crippen molar-refractivity contribution < 1.29 is 18.7 Å². The number of hydrogen-bond acceptors (Lipinski definition) is 4. The van der Waals surface area contributed by atoms with Crippen molar-refractivity contribution in [1.29, 1.82) is 5.26 Å². The van der Waals surface area contributed by atoms with Crippen LogP contribution in [0.3, 0.4) is 0 Å². The summed E-state index contributed by atoms with van der Waals surface area (Å²) in [6.07, 6.45) is -0.0235. The van der Waals surface area contributed by atoms with Crippen molar-refractivity contribution in [3.05, 3.63) is 71.0 Å². The number of rotatable bonds is 6. The average Bonchev–Trinajstić information content (AvgIpc) is 2.59. The normalized spacial score (nSPS) is 9.91. The third-order valence-electron chi connectivity index (χ3n) is 3.21. The first-order chi connectivity index (χ1) is 11.1. The molecule has 0 spiro atoms. The summed E-state index contributed by atoms with van der Waals surface area (Å²) in [5.74, 6) is -1.13. The molecule has 2 aromatic carbocycles. The van der Waals surface area contributed by atoms with Gasteiger partial charge in [0.1, 0.15) is 12.4 Å². The van der Waals surface area contributed by atoms with Crippen molar-refractivity contribution in [2.75, 3.05) is 0 Å². The Morgan fingerprint density at radius 1 is 1.00 bits per heavy atom. The second-order valence-corrected chi connectivity index (χ2v) is 4.90. The van der Waals surface area contributed by atoms with E-state index in [0.29, 0.717) is 11.1 Å². The smallest absolute Gasteiger partial charge is 0.306 e. The van der Waals surface area contributed by atoms with Crippen molar-refractivity contribution >= 4 is 11.8 Å². The number of Topliss-reactive ketones (excluding diaryl/α,β-unsaturated/α-hetero) is 1. The number of hydrogen-bond donors (Lipinski definition) is 0. The molecule has 0 aliphatic rings. The van der Waals surface area contributed by atoms with Crippen molar-refractivity contribution in [3.8, 4) is 6.07 Å². The number of ketones is 1. The quantitative estimate of drug-likeness (QED) is 0.605. The fourth-order valence-electron chi connectivity index (χ4n) is 1.91. The lowest BCUT2D eigenvalue weighted by molar-refractivity contribution is -0.144. The molecule has 0 saturated heterocycles. The molecule has 0 bridgehead atoms. The zero-order valence-electron chi connectivity index (χ0n) is 12.3. The SMILES string of the molecule is N#Cc1ccc(COC(=O)CCC(=O)c2ccc(F)cc2)cc1. The van der Waals surface area contributed by atoms with Crippen LogP contribution in [0.4, 0.5) is 4.39 Å². The summed E-state index contributed by atoms with van der Waals surface area (Å²) < 4.78 is 17.8. The van der Waals surface area contributed by atoms with Gasteiger partial charge in [-0.25, -0.2) is 4.39 Å². The maximum absolute atomic E-state index is 12.8. The van der Waals surface area contributed by atoms with Gasteiger partial charge in [0.2, 0.25) is 0 Å². The summed E-state index contributed by atoms with van der Waals surface area (Å²) in [4.78, 5) is 23.5. The van der Waals surface area contributed by atoms with Crippen LogP contribution in [0.2, 0.25) is 0 Å². The lowest BCUT2D eigenvalue weighted by atomic mass is 10.1. The van der Waals surface area contributed by atoms with E-state index in [-0.39, 0.29) is 25.2 Å². The Balaban J connectivity index is 1.77. The molecule has 0 atom stereocenters. The topological polar surface area (TPSA) is 67.2 Å². The van der Waals surface area contributed by atoms with Crippen LogP contribution in [0, 0.1) is 17.1 Å². The van der Waals surface area contributed by atoms with Crippen molar-refractivity contribution in [2.24, 2.45) is 0 Å². The molecule has 0 amide bonds. The second-order valence-electron chi connectivity index (χ2n) is 4.90. The van der Waals surface area contributed by atoms with Crippen LogP contribution in [0.25, 0.3) is 0 Å². The molecule has 0 aliphatic carbocycles. The molecule has 5 heteroatoms. The van der Waals surface area contributed by atoms with Crippen LogP contribution in [-0.4, -0.2) is 11.8 Å². The van der Waals surface area contributed by atoms with Crippen LogP contribution in [-0.2, 0) is 16.1 Å². The van der Waals surface area contributed by atoms with Gasteiger partial charge in [-0.1, -0.05) is 12.1 Å². The van der Waals surface area contributed by atoms with E-state index in [9.17, 15) is 14.0 Å². The molecule has 0 radical (unpaired) electrons. The zero-order valence-corrected chi connectivity index (χ0v) is 12.3. The Morgan fingerprint density at radius 2 is 1.65 bits per heavy atom. The fourth-order valence-corrected chi connectivity index (χ4v) is 1.91. The molecule has 0 fully saturated rings. The van der Waals surface area contributed by atoms with E-state index in [4.69, 9.17) is 10.00 Å². The van der Waals surface area contributed by atoms with Crippen LogP contribution in [0.1, 0.15) is 34.3 Å². The standard InChI is InChI=1S/C18H14FNO3/c19-16-7-5-15(6-8-16)17(21)9-10-18(22)23-12-14-3-1-13(11-20)2-4-14/h1-8H,9-10,12H2. The molecule has 2 rings (SSSR count). The monoisotopic (exact) mass is 311 g/mol. The van der Waals surface area contributed by atoms with Gasteiger partial charge in [-0.15, -0.1) is 0 Å². The van der Waals surface area contributed by atoms with E-state index in [1.165, 1.54) is 24.3 Å². The lowest BCUT2D eigenvalue weighted by Crippen LogP contribution is -2.08. The highest BCUT2D eigenvalue weighted by molar-refractivity contribution is 5.97. The Labute approximate surface area is 133 Å². The fraction of sp³-hybridized carbons (Fsp3) is 0.167. The van der Waals surface area contributed by atoms with E-state index in [1.54, 1.807) is 24.3 Å². The lowest BCUT2D eigenvalue weighted by Gasteiger charge is -2.05. The average molecular weight is 311 g/mol. The highest BCUT2D eigenvalue weighted by Crippen LogP contribution is 2.09. The molecule has 0 heterocycles. The van der Waals surface area contributed by atoms with Gasteiger partial charge >= 0.3 is 5.97 Å². The van der Waals surface area contributed by atoms with E-state index in [1.807, 2.05) is 6.07 Å². The van der Waals surface area contributed by atoms with Gasteiger partial charge in [0, 0.05) is 12.0 Å². The summed E-state index contributed by atoms with van der Waals surface area (Å²) in [6.45, 7) is 0.0925. The first-order valence-corrected chi connectivity index (χ1v) is 7.02. The second kappa shape index (κ2) is 7.85. The summed E-state index contributed by atoms with van der Waals surface area (Å²) >= 11 is 0. The maximum atomic E-state index is 12.8. The Bertz CT molecular complexity index is 730. The molecule has 0 saturated carbocycles. The molecule has 4 nitrogen and oxygen atoms in total. The van der Waals surface area contributed by atoms with Gasteiger partial charge in [0.15, 0.2) is 5.78 Å². The molecule has 0 aromatic heterocycles.